The molecule has 6 heterocycles. The van der Waals surface area contributed by atoms with Crippen molar-refractivity contribution in [1.82, 2.24) is 24.4 Å². The fraction of sp³-hybridized carbons (Fsp3) is 0.357. The van der Waals surface area contributed by atoms with E-state index in [0.29, 0.717) is 40.3 Å². The summed E-state index contributed by atoms with van der Waals surface area (Å²) in [5, 5.41) is 9.89. The molecule has 12 heteroatoms. The van der Waals surface area contributed by atoms with Gasteiger partial charge in [0.15, 0.2) is 11.5 Å². The zero-order valence-electron chi connectivity index (χ0n) is 21.7. The Bertz CT molecular complexity index is 1650. The Hall–Kier alpha value is -3.51. The fourth-order valence-electron chi connectivity index (χ4n) is 5.34. The SMILES string of the molecule is C[C@@]1(c2ncc(Cl)cn2)Oc2cccc(C3=CCN(Cc4nc5sc(C(=O)O)cc5n4C[C@@H]4CCO4)CC3)c2O1. The number of fused-ring (bicyclic) bond motifs is 2. The second kappa shape index (κ2) is 9.84. The van der Waals surface area contributed by atoms with Crippen LogP contribution < -0.4 is 9.47 Å². The third kappa shape index (κ3) is 4.52. The minimum Gasteiger partial charge on any atom is -0.477 e. The monoisotopic (exact) mass is 579 g/mol. The average Bonchev–Trinajstić information content (AvgIpc) is 3.58. The molecule has 3 aromatic heterocycles. The highest BCUT2D eigenvalue weighted by atomic mass is 35.5. The number of aromatic carboxylic acids is 1. The summed E-state index contributed by atoms with van der Waals surface area (Å²) in [6.07, 6.45) is 7.26. The van der Waals surface area contributed by atoms with Gasteiger partial charge in [-0.15, -0.1) is 11.3 Å². The molecule has 3 aliphatic rings. The van der Waals surface area contributed by atoms with E-state index in [1.165, 1.54) is 29.3 Å². The number of carboxylic acids is 1. The lowest BCUT2D eigenvalue weighted by Crippen LogP contribution is -2.34. The molecule has 2 atom stereocenters. The zero-order chi connectivity index (χ0) is 27.4. The Labute approximate surface area is 238 Å². The molecule has 0 bridgehead atoms. The van der Waals surface area contributed by atoms with Crippen molar-refractivity contribution in [3.05, 3.63) is 69.8 Å². The maximum absolute atomic E-state index is 11.5. The van der Waals surface area contributed by atoms with Crippen LogP contribution in [-0.4, -0.2) is 61.3 Å². The Morgan fingerprint density at radius 1 is 1.27 bits per heavy atom. The van der Waals surface area contributed by atoms with Gasteiger partial charge in [-0.05, 0) is 30.5 Å². The highest BCUT2D eigenvalue weighted by Crippen LogP contribution is 2.48. The van der Waals surface area contributed by atoms with Crippen LogP contribution >= 0.6 is 22.9 Å². The van der Waals surface area contributed by atoms with E-state index in [9.17, 15) is 9.90 Å². The fourth-order valence-corrected chi connectivity index (χ4v) is 6.33. The van der Waals surface area contributed by atoms with Crippen molar-refractivity contribution in [2.75, 3.05) is 19.7 Å². The number of nitrogens with zero attached hydrogens (tertiary/aromatic N) is 5. The van der Waals surface area contributed by atoms with Crippen LogP contribution in [-0.2, 0) is 23.6 Å². The van der Waals surface area contributed by atoms with Crippen LogP contribution in [0.25, 0.3) is 15.9 Å². The molecule has 0 radical (unpaired) electrons. The third-order valence-corrected chi connectivity index (χ3v) is 8.73. The molecule has 206 valence electrons. The van der Waals surface area contributed by atoms with E-state index in [2.05, 4.69) is 31.6 Å². The molecule has 0 amide bonds. The Kier molecular flexibility index (Phi) is 6.26. The maximum Gasteiger partial charge on any atom is 0.346 e. The number of carboxylic acid groups (broad SMARTS) is 1. The van der Waals surface area contributed by atoms with Crippen LogP contribution in [0.1, 0.15) is 46.6 Å². The first-order valence-electron chi connectivity index (χ1n) is 13.1. The number of benzene rings is 1. The number of aromatic nitrogens is 4. The van der Waals surface area contributed by atoms with Crippen molar-refractivity contribution in [2.45, 2.75) is 44.7 Å². The quantitative estimate of drug-likeness (QED) is 0.324. The van der Waals surface area contributed by atoms with E-state index in [1.807, 2.05) is 12.1 Å². The van der Waals surface area contributed by atoms with Crippen molar-refractivity contribution in [3.63, 3.8) is 0 Å². The number of para-hydroxylation sites is 1. The Morgan fingerprint density at radius 3 is 2.80 bits per heavy atom. The van der Waals surface area contributed by atoms with Crippen LogP contribution in [0.5, 0.6) is 11.5 Å². The summed E-state index contributed by atoms with van der Waals surface area (Å²) in [5.41, 5.74) is 3.06. The minimum absolute atomic E-state index is 0.142. The van der Waals surface area contributed by atoms with E-state index in [4.69, 9.17) is 30.8 Å². The van der Waals surface area contributed by atoms with Gasteiger partial charge in [0.1, 0.15) is 15.5 Å². The number of ether oxygens (including phenoxy) is 3. The normalized spacial score (nSPS) is 22.4. The summed E-state index contributed by atoms with van der Waals surface area (Å²) in [4.78, 5) is 28.4. The predicted octanol–water partition coefficient (Wildman–Crippen LogP) is 4.96. The van der Waals surface area contributed by atoms with Crippen molar-refractivity contribution in [1.29, 1.82) is 0 Å². The molecule has 3 aliphatic heterocycles. The van der Waals surface area contributed by atoms with Gasteiger partial charge in [0.05, 0.1) is 29.7 Å². The van der Waals surface area contributed by atoms with E-state index in [1.54, 1.807) is 13.0 Å². The Morgan fingerprint density at radius 2 is 2.10 bits per heavy atom. The Balaban J connectivity index is 1.10. The van der Waals surface area contributed by atoms with Crippen molar-refractivity contribution in [3.8, 4) is 11.5 Å². The molecule has 1 fully saturated rings. The lowest BCUT2D eigenvalue weighted by atomic mass is 9.98. The number of carbonyl (C=O) groups is 1. The number of hydrogen-bond acceptors (Lipinski definition) is 9. The van der Waals surface area contributed by atoms with Crippen LogP contribution in [0.3, 0.4) is 0 Å². The van der Waals surface area contributed by atoms with Gasteiger partial charge >= 0.3 is 11.8 Å². The molecule has 10 nitrogen and oxygen atoms in total. The van der Waals surface area contributed by atoms with Crippen LogP contribution in [0.2, 0.25) is 5.02 Å². The summed E-state index contributed by atoms with van der Waals surface area (Å²) >= 11 is 7.18. The number of thiophene rings is 1. The smallest absolute Gasteiger partial charge is 0.346 e. The highest BCUT2D eigenvalue weighted by molar-refractivity contribution is 7.20. The molecule has 0 aliphatic carbocycles. The highest BCUT2D eigenvalue weighted by Gasteiger charge is 2.43. The molecule has 0 unspecified atom stereocenters. The van der Waals surface area contributed by atoms with Gasteiger partial charge in [-0.3, -0.25) is 4.90 Å². The second-order valence-electron chi connectivity index (χ2n) is 10.2. The average molecular weight is 580 g/mol. The molecule has 1 saturated heterocycles. The molecule has 0 saturated carbocycles. The summed E-state index contributed by atoms with van der Waals surface area (Å²) in [5.74, 6) is 0.616. The van der Waals surface area contributed by atoms with E-state index in [0.717, 1.165) is 54.3 Å². The number of imidazole rings is 1. The second-order valence-corrected chi connectivity index (χ2v) is 11.7. The topological polar surface area (TPSA) is 112 Å². The molecule has 1 aromatic carbocycles. The third-order valence-electron chi connectivity index (χ3n) is 7.53. The molecule has 0 spiro atoms. The van der Waals surface area contributed by atoms with Gasteiger partial charge in [0.2, 0.25) is 5.82 Å². The van der Waals surface area contributed by atoms with Crippen LogP contribution in [0.15, 0.2) is 42.7 Å². The van der Waals surface area contributed by atoms with Gasteiger partial charge < -0.3 is 23.9 Å². The molecular formula is C28H26ClN5O5S. The summed E-state index contributed by atoms with van der Waals surface area (Å²) in [6.45, 7) is 5.51. The van der Waals surface area contributed by atoms with Gasteiger partial charge in [0, 0.05) is 44.6 Å². The first-order valence-corrected chi connectivity index (χ1v) is 14.3. The molecule has 4 aromatic rings. The summed E-state index contributed by atoms with van der Waals surface area (Å²) in [6, 6.07) is 7.64. The molecule has 40 heavy (non-hydrogen) atoms. The summed E-state index contributed by atoms with van der Waals surface area (Å²) in [7, 11) is 0. The first kappa shape index (κ1) is 25.5. The van der Waals surface area contributed by atoms with Crippen molar-refractivity contribution < 1.29 is 24.1 Å². The maximum atomic E-state index is 11.5. The number of rotatable bonds is 7. The van der Waals surface area contributed by atoms with Crippen molar-refractivity contribution >= 4 is 44.8 Å². The lowest BCUT2D eigenvalue weighted by Gasteiger charge is -2.29. The molecule has 7 rings (SSSR count). The van der Waals surface area contributed by atoms with E-state index in [-0.39, 0.29) is 6.10 Å². The number of hydrogen-bond donors (Lipinski definition) is 1. The van der Waals surface area contributed by atoms with E-state index >= 15 is 0 Å². The van der Waals surface area contributed by atoms with Crippen LogP contribution in [0.4, 0.5) is 0 Å². The number of halogens is 1. The first-order chi connectivity index (χ1) is 19.4. The molecular weight excluding hydrogens is 554 g/mol. The largest absolute Gasteiger partial charge is 0.477 e. The van der Waals surface area contributed by atoms with Gasteiger partial charge in [-0.25, -0.2) is 19.7 Å². The lowest BCUT2D eigenvalue weighted by molar-refractivity contribution is -0.0758. The zero-order valence-corrected chi connectivity index (χ0v) is 23.2. The van der Waals surface area contributed by atoms with Gasteiger partial charge in [-0.2, -0.15) is 0 Å². The van der Waals surface area contributed by atoms with Crippen molar-refractivity contribution in [2.24, 2.45) is 0 Å². The van der Waals surface area contributed by atoms with E-state index < -0.39 is 11.8 Å². The minimum atomic E-state index is -1.14. The van der Waals surface area contributed by atoms with Crippen LogP contribution in [0, 0.1) is 0 Å². The molecule has 1 N–H and O–H groups in total. The predicted molar refractivity (Wildman–Crippen MR) is 149 cm³/mol. The standard InChI is InChI=1S/C28H26ClN5O5S/c1-28(27-30-12-17(29)13-31-27)38-21-4-2-3-19(24(21)39-28)16-5-8-33(9-6-16)15-23-32-25-20(11-22(40-25)26(35)36)34(23)14-18-7-10-37-18/h2-5,11-13,18H,6-10,14-15H2,1H3,(H,35,36)/t18-,28+/m0/s1. The van der Waals surface area contributed by atoms with Gasteiger partial charge in [-0.1, -0.05) is 29.8 Å². The summed E-state index contributed by atoms with van der Waals surface area (Å²) < 4.78 is 20.3. The van der Waals surface area contributed by atoms with Gasteiger partial charge in [0.25, 0.3) is 0 Å².